The van der Waals surface area contributed by atoms with Crippen LogP contribution in [-0.2, 0) is 0 Å². The molecule has 6 nitrogen and oxygen atoms in total. The zero-order chi connectivity index (χ0) is 20.9. The summed E-state index contributed by atoms with van der Waals surface area (Å²) >= 11 is 0. The number of hydrogen-bond donors (Lipinski definition) is 0. The third kappa shape index (κ3) is 3.95. The fourth-order valence-corrected chi connectivity index (χ4v) is 2.93. The van der Waals surface area contributed by atoms with Crippen LogP contribution in [-0.4, -0.2) is 10.9 Å². The zero-order valence-corrected chi connectivity index (χ0v) is 15.7. The minimum atomic E-state index is -0.609. The van der Waals surface area contributed by atoms with E-state index in [0.717, 1.165) is 12.1 Å². The van der Waals surface area contributed by atoms with Crippen molar-refractivity contribution in [1.29, 1.82) is 0 Å². The van der Waals surface area contributed by atoms with Crippen LogP contribution in [0.5, 0.6) is 11.8 Å². The van der Waals surface area contributed by atoms with Crippen molar-refractivity contribution in [1.82, 2.24) is 4.98 Å². The Morgan fingerprint density at radius 1 is 0.933 bits per heavy atom. The number of carbonyl (C=O) groups excluding carboxylic acids is 1. The van der Waals surface area contributed by atoms with Crippen molar-refractivity contribution in [3.05, 3.63) is 114 Å². The molecule has 1 aromatic heterocycles. The summed E-state index contributed by atoms with van der Waals surface area (Å²) in [5.41, 5.74) is 1.15. The van der Waals surface area contributed by atoms with Crippen LogP contribution >= 0.6 is 0 Å². The van der Waals surface area contributed by atoms with Crippen molar-refractivity contribution >= 4 is 17.3 Å². The highest BCUT2D eigenvalue weighted by Crippen LogP contribution is 2.31. The monoisotopic (exact) mass is 401 g/mol. The van der Waals surface area contributed by atoms with Crippen molar-refractivity contribution < 1.29 is 18.7 Å². The van der Waals surface area contributed by atoms with Gasteiger partial charge in [0.2, 0.25) is 0 Å². The van der Waals surface area contributed by atoms with Crippen LogP contribution in [0, 0.1) is 11.0 Å². The van der Waals surface area contributed by atoms with Gasteiger partial charge in [-0.05, 0) is 47.4 Å². The van der Waals surface area contributed by atoms with E-state index in [0.29, 0.717) is 16.1 Å². The molecular weight excluding hydrogens is 385 g/mol. The first-order chi connectivity index (χ1) is 14.6. The third-order valence-electron chi connectivity index (χ3n) is 4.29. The molecule has 0 aliphatic rings. The molecule has 3 aromatic carbocycles. The summed E-state index contributed by atoms with van der Waals surface area (Å²) in [5.74, 6) is -1.11. The van der Waals surface area contributed by atoms with Gasteiger partial charge < -0.3 is 9.94 Å². The van der Waals surface area contributed by atoms with Gasteiger partial charge in [0.05, 0.1) is 5.56 Å². The molecule has 0 saturated heterocycles. The molecule has 0 fully saturated rings. The lowest BCUT2D eigenvalue weighted by Gasteiger charge is -2.24. The summed E-state index contributed by atoms with van der Waals surface area (Å²) in [6.45, 7) is 0. The van der Waals surface area contributed by atoms with Gasteiger partial charge in [-0.15, -0.1) is 0 Å². The Labute approximate surface area is 172 Å². The number of carbonyl (C=O) groups is 1. The summed E-state index contributed by atoms with van der Waals surface area (Å²) in [6.07, 6.45) is 2.60. The lowest BCUT2D eigenvalue weighted by Crippen LogP contribution is -2.29. The average Bonchev–Trinajstić information content (AvgIpc) is 2.78. The standard InChI is InChI=1S/C23H16FN3O3/c24-17-12-13-21(30-23-25-14-7-15-26(23)29)20(16-17)22(28)27(18-8-3-1-4-9-18)19-10-5-2-6-11-19/h1-16H. The molecule has 0 N–H and O–H groups in total. The first-order valence-corrected chi connectivity index (χ1v) is 9.09. The molecule has 1 heterocycles. The lowest BCUT2D eigenvalue weighted by molar-refractivity contribution is -0.614. The summed E-state index contributed by atoms with van der Waals surface area (Å²) in [5, 5.41) is 11.9. The highest BCUT2D eigenvalue weighted by atomic mass is 19.1. The summed E-state index contributed by atoms with van der Waals surface area (Å²) in [7, 11) is 0. The lowest BCUT2D eigenvalue weighted by atomic mass is 10.1. The average molecular weight is 401 g/mol. The number of benzene rings is 3. The minimum absolute atomic E-state index is 0.0153. The molecule has 0 atom stereocenters. The maximum absolute atomic E-state index is 14.1. The van der Waals surface area contributed by atoms with Crippen LogP contribution in [0.25, 0.3) is 0 Å². The Balaban J connectivity index is 1.80. The van der Waals surface area contributed by atoms with E-state index in [1.165, 1.54) is 29.4 Å². The number of anilines is 2. The highest BCUT2D eigenvalue weighted by Gasteiger charge is 2.25. The van der Waals surface area contributed by atoms with Gasteiger partial charge in [-0.2, -0.15) is 0 Å². The van der Waals surface area contributed by atoms with Gasteiger partial charge in [0.15, 0.2) is 0 Å². The molecule has 0 spiro atoms. The Kier molecular flexibility index (Phi) is 5.34. The molecule has 0 radical (unpaired) electrons. The Morgan fingerprint density at radius 2 is 1.57 bits per heavy atom. The van der Waals surface area contributed by atoms with Crippen LogP contribution in [0.15, 0.2) is 97.3 Å². The van der Waals surface area contributed by atoms with Crippen LogP contribution < -0.4 is 14.4 Å². The van der Waals surface area contributed by atoms with Crippen LogP contribution in [0.2, 0.25) is 0 Å². The maximum atomic E-state index is 14.1. The number of hydrogen-bond acceptors (Lipinski definition) is 4. The third-order valence-corrected chi connectivity index (χ3v) is 4.29. The number of aromatic nitrogens is 2. The number of para-hydroxylation sites is 2. The molecule has 1 amide bonds. The van der Waals surface area contributed by atoms with Gasteiger partial charge in [-0.25, -0.2) is 9.12 Å². The topological polar surface area (TPSA) is 69.4 Å². The smallest absolute Gasteiger partial charge is 0.507 e. The van der Waals surface area contributed by atoms with Crippen molar-refractivity contribution in [3.8, 4) is 11.8 Å². The molecule has 148 valence electrons. The van der Waals surface area contributed by atoms with Gasteiger partial charge in [0, 0.05) is 17.4 Å². The quantitative estimate of drug-likeness (QED) is 0.361. The number of rotatable bonds is 5. The molecule has 30 heavy (non-hydrogen) atoms. The zero-order valence-electron chi connectivity index (χ0n) is 15.7. The van der Waals surface area contributed by atoms with Gasteiger partial charge in [-0.3, -0.25) is 9.69 Å². The van der Waals surface area contributed by atoms with E-state index in [9.17, 15) is 14.4 Å². The summed E-state index contributed by atoms with van der Waals surface area (Å²) in [4.78, 5) is 18.9. The predicted molar refractivity (Wildman–Crippen MR) is 109 cm³/mol. The van der Waals surface area contributed by atoms with E-state index >= 15 is 0 Å². The number of nitrogens with zero attached hydrogens (tertiary/aromatic N) is 3. The number of amides is 1. The first kappa shape index (κ1) is 19.1. The predicted octanol–water partition coefficient (Wildman–Crippen LogP) is 4.62. The van der Waals surface area contributed by atoms with Crippen LogP contribution in [0.4, 0.5) is 15.8 Å². The second kappa shape index (κ2) is 8.40. The minimum Gasteiger partial charge on any atom is -0.708 e. The fraction of sp³-hybridized carbons (Fsp3) is 0. The Morgan fingerprint density at radius 3 is 2.17 bits per heavy atom. The van der Waals surface area contributed by atoms with E-state index < -0.39 is 11.7 Å². The van der Waals surface area contributed by atoms with Gasteiger partial charge >= 0.3 is 6.01 Å². The van der Waals surface area contributed by atoms with Crippen molar-refractivity contribution in [3.63, 3.8) is 0 Å². The molecular formula is C23H16FN3O3. The van der Waals surface area contributed by atoms with E-state index in [1.807, 2.05) is 12.1 Å². The normalized spacial score (nSPS) is 10.4. The van der Waals surface area contributed by atoms with Gasteiger partial charge in [-0.1, -0.05) is 36.4 Å². The van der Waals surface area contributed by atoms with E-state index in [-0.39, 0.29) is 17.3 Å². The summed E-state index contributed by atoms with van der Waals surface area (Å²) in [6, 6.07) is 22.7. The van der Waals surface area contributed by atoms with E-state index in [2.05, 4.69) is 4.98 Å². The second-order valence-electron chi connectivity index (χ2n) is 6.28. The largest absolute Gasteiger partial charge is 0.708 e. The summed E-state index contributed by atoms with van der Waals surface area (Å²) < 4.78 is 20.1. The van der Waals surface area contributed by atoms with Crippen molar-refractivity contribution in [2.45, 2.75) is 0 Å². The molecule has 0 unspecified atom stereocenters. The van der Waals surface area contributed by atoms with Crippen molar-refractivity contribution in [2.24, 2.45) is 0 Å². The molecule has 0 aliphatic heterocycles. The highest BCUT2D eigenvalue weighted by molar-refractivity contribution is 6.12. The number of halogens is 1. The van der Waals surface area contributed by atoms with Crippen LogP contribution in [0.1, 0.15) is 10.4 Å². The van der Waals surface area contributed by atoms with E-state index in [1.54, 1.807) is 48.5 Å². The van der Waals surface area contributed by atoms with Gasteiger partial charge in [0.1, 0.15) is 24.0 Å². The maximum Gasteiger partial charge on any atom is 0.507 e. The first-order valence-electron chi connectivity index (χ1n) is 9.09. The molecule has 0 aliphatic carbocycles. The SMILES string of the molecule is O=C(c1cc(F)ccc1Oc1nccc[n+]1[O-])N(c1ccccc1)c1ccccc1. The molecule has 4 rings (SSSR count). The number of ether oxygens (including phenoxy) is 1. The van der Waals surface area contributed by atoms with Gasteiger partial charge in [0.25, 0.3) is 5.91 Å². The van der Waals surface area contributed by atoms with Crippen molar-refractivity contribution in [2.75, 3.05) is 4.90 Å². The molecule has 0 saturated carbocycles. The second-order valence-corrected chi connectivity index (χ2v) is 6.28. The molecule has 0 bridgehead atoms. The molecule has 4 aromatic rings. The molecule has 7 heteroatoms. The Hall–Kier alpha value is -4.26. The van der Waals surface area contributed by atoms with Crippen LogP contribution in [0.3, 0.4) is 0 Å². The Bertz CT molecular complexity index is 1130. The van der Waals surface area contributed by atoms with E-state index in [4.69, 9.17) is 4.74 Å². The fourth-order valence-electron chi connectivity index (χ4n) is 2.93.